The van der Waals surface area contributed by atoms with Gasteiger partial charge >= 0.3 is 0 Å². The average molecular weight is 867 g/mol. The Kier molecular flexibility index (Phi) is 9.47. The van der Waals surface area contributed by atoms with Crippen molar-refractivity contribution in [3.05, 3.63) is 255 Å². The van der Waals surface area contributed by atoms with Gasteiger partial charge in [-0.05, 0) is 112 Å². The van der Waals surface area contributed by atoms with Crippen molar-refractivity contribution in [2.45, 2.75) is 0 Å². The van der Waals surface area contributed by atoms with Crippen molar-refractivity contribution in [1.82, 2.24) is 19.1 Å². The molecule has 318 valence electrons. The number of aromatic nitrogens is 4. The zero-order valence-corrected chi connectivity index (χ0v) is 37.0. The first-order chi connectivity index (χ1) is 33.7. The van der Waals surface area contributed by atoms with E-state index in [0.717, 1.165) is 61.6 Å². The third kappa shape index (κ3) is 6.86. The summed E-state index contributed by atoms with van der Waals surface area (Å²) in [6.45, 7) is 0. The van der Waals surface area contributed by atoms with Crippen LogP contribution >= 0.6 is 0 Å². The zero-order valence-electron chi connectivity index (χ0n) is 37.0. The largest absolute Gasteiger partial charge is 0.309 e. The maximum Gasteiger partial charge on any atom is 0.160 e. The van der Waals surface area contributed by atoms with Gasteiger partial charge in [-0.25, -0.2) is 9.97 Å². The third-order valence-corrected chi connectivity index (χ3v) is 13.3. The molecule has 13 aromatic rings. The highest BCUT2D eigenvalue weighted by atomic mass is 15.0. The van der Waals surface area contributed by atoms with Crippen LogP contribution in [0.15, 0.2) is 255 Å². The van der Waals surface area contributed by atoms with Crippen molar-refractivity contribution in [3.8, 4) is 78.7 Å². The molecule has 4 heteroatoms. The topological polar surface area (TPSA) is 35.6 Å². The molecule has 3 aromatic heterocycles. The number of fused-ring (bicyclic) bond motifs is 6. The molecule has 0 bridgehead atoms. The van der Waals surface area contributed by atoms with E-state index < -0.39 is 0 Å². The monoisotopic (exact) mass is 866 g/mol. The van der Waals surface area contributed by atoms with Crippen molar-refractivity contribution < 1.29 is 0 Å². The first-order valence-corrected chi connectivity index (χ1v) is 23.1. The quantitative estimate of drug-likeness (QED) is 0.153. The summed E-state index contributed by atoms with van der Waals surface area (Å²) in [7, 11) is 0. The summed E-state index contributed by atoms with van der Waals surface area (Å²) in [6.07, 6.45) is 0. The minimum Gasteiger partial charge on any atom is -0.309 e. The fourth-order valence-electron chi connectivity index (χ4n) is 10.0. The van der Waals surface area contributed by atoms with E-state index in [9.17, 15) is 0 Å². The Bertz CT molecular complexity index is 3940. The molecule has 0 atom stereocenters. The van der Waals surface area contributed by atoms with Crippen LogP contribution in [0.4, 0.5) is 0 Å². The van der Waals surface area contributed by atoms with E-state index in [-0.39, 0.29) is 0 Å². The van der Waals surface area contributed by atoms with Crippen molar-refractivity contribution in [1.29, 1.82) is 0 Å². The Morgan fingerprint density at radius 3 is 1.25 bits per heavy atom. The fourth-order valence-corrected chi connectivity index (χ4v) is 10.0. The standard InChI is InChI=1S/C64H42N4/c1-5-17-43(18-6-1)48-31-34-62-56(39-48)57-41-50(49-32-35-61-55(40-49)54-29-13-14-30-60(54)67(61)52-26-11-4-12-27-52)33-36-63(57)68(62)53-28-16-24-47(38-53)46-23-15-25-51(37-46)59-42-58(44-19-7-2-8-20-44)65-64(66-59)45-21-9-3-10-22-45/h1-42H. The molecular formula is C64H42N4. The van der Waals surface area contributed by atoms with Gasteiger partial charge in [0.2, 0.25) is 0 Å². The Morgan fingerprint density at radius 1 is 0.221 bits per heavy atom. The van der Waals surface area contributed by atoms with E-state index in [1.807, 2.05) is 24.3 Å². The molecule has 0 unspecified atom stereocenters. The van der Waals surface area contributed by atoms with E-state index in [4.69, 9.17) is 9.97 Å². The summed E-state index contributed by atoms with van der Waals surface area (Å²) in [6, 6.07) is 91.3. The molecule has 68 heavy (non-hydrogen) atoms. The van der Waals surface area contributed by atoms with Gasteiger partial charge in [0.25, 0.3) is 0 Å². The predicted octanol–water partition coefficient (Wildman–Crippen LogP) is 16.7. The second-order valence-corrected chi connectivity index (χ2v) is 17.4. The number of rotatable bonds is 8. The first-order valence-electron chi connectivity index (χ1n) is 23.1. The van der Waals surface area contributed by atoms with Crippen LogP contribution in [0.1, 0.15) is 0 Å². The van der Waals surface area contributed by atoms with Gasteiger partial charge in [0, 0.05) is 49.6 Å². The number of hydrogen-bond acceptors (Lipinski definition) is 2. The van der Waals surface area contributed by atoms with E-state index >= 15 is 0 Å². The number of nitrogens with zero attached hydrogens (tertiary/aromatic N) is 4. The summed E-state index contributed by atoms with van der Waals surface area (Å²) in [5, 5.41) is 4.91. The Hall–Kier alpha value is -9.12. The van der Waals surface area contributed by atoms with Gasteiger partial charge in [-0.1, -0.05) is 176 Å². The maximum absolute atomic E-state index is 5.14. The highest BCUT2D eigenvalue weighted by Gasteiger charge is 2.18. The van der Waals surface area contributed by atoms with Crippen molar-refractivity contribution in [3.63, 3.8) is 0 Å². The maximum atomic E-state index is 5.14. The number of para-hydroxylation sites is 2. The number of hydrogen-bond donors (Lipinski definition) is 0. The summed E-state index contributed by atoms with van der Waals surface area (Å²) in [5.41, 5.74) is 18.8. The van der Waals surface area contributed by atoms with Crippen LogP contribution in [0, 0.1) is 0 Å². The normalized spacial score (nSPS) is 11.5. The molecule has 0 aliphatic heterocycles. The lowest BCUT2D eigenvalue weighted by molar-refractivity contribution is 1.18. The minimum atomic E-state index is 0.704. The van der Waals surface area contributed by atoms with E-state index in [1.165, 1.54) is 54.8 Å². The third-order valence-electron chi connectivity index (χ3n) is 13.3. The van der Waals surface area contributed by atoms with Crippen molar-refractivity contribution in [2.75, 3.05) is 0 Å². The lowest BCUT2D eigenvalue weighted by atomic mass is 9.99. The molecule has 0 aliphatic rings. The molecule has 4 nitrogen and oxygen atoms in total. The molecule has 0 saturated carbocycles. The zero-order chi connectivity index (χ0) is 45.0. The number of benzene rings is 10. The van der Waals surface area contributed by atoms with Gasteiger partial charge in [-0.3, -0.25) is 0 Å². The van der Waals surface area contributed by atoms with Crippen LogP contribution in [-0.4, -0.2) is 19.1 Å². The predicted molar refractivity (Wildman–Crippen MR) is 283 cm³/mol. The van der Waals surface area contributed by atoms with Gasteiger partial charge in [-0.2, -0.15) is 0 Å². The molecule has 0 aliphatic carbocycles. The molecule has 10 aromatic carbocycles. The van der Waals surface area contributed by atoms with E-state index in [0.29, 0.717) is 5.82 Å². The summed E-state index contributed by atoms with van der Waals surface area (Å²) in [5.74, 6) is 0.704. The first kappa shape index (κ1) is 39.3. The van der Waals surface area contributed by atoms with E-state index in [1.54, 1.807) is 0 Å². The molecule has 13 rings (SSSR count). The SMILES string of the molecule is c1ccc(-c2ccc3c(c2)c2cc(-c4ccc5c(c4)c4ccccc4n5-c4ccccc4)ccc2n3-c2cccc(-c3cccc(-c4cc(-c5ccccc5)nc(-c5ccccc5)n4)c3)c2)cc1. The summed E-state index contributed by atoms with van der Waals surface area (Å²) >= 11 is 0. The summed E-state index contributed by atoms with van der Waals surface area (Å²) < 4.78 is 4.80. The Morgan fingerprint density at radius 2 is 0.618 bits per heavy atom. The highest BCUT2D eigenvalue weighted by Crippen LogP contribution is 2.40. The lowest BCUT2D eigenvalue weighted by Crippen LogP contribution is -1.96. The van der Waals surface area contributed by atoms with Gasteiger partial charge < -0.3 is 9.13 Å². The molecule has 3 heterocycles. The minimum absolute atomic E-state index is 0.704. The Balaban J connectivity index is 0.939. The van der Waals surface area contributed by atoms with Crippen LogP contribution in [0.2, 0.25) is 0 Å². The molecule has 0 spiro atoms. The van der Waals surface area contributed by atoms with Crippen LogP contribution in [0.25, 0.3) is 122 Å². The summed E-state index contributed by atoms with van der Waals surface area (Å²) in [4.78, 5) is 10.2. The van der Waals surface area contributed by atoms with Crippen LogP contribution < -0.4 is 0 Å². The fraction of sp³-hybridized carbons (Fsp3) is 0. The molecule has 0 saturated heterocycles. The highest BCUT2D eigenvalue weighted by molar-refractivity contribution is 6.13. The average Bonchev–Trinajstić information content (AvgIpc) is 3.93. The van der Waals surface area contributed by atoms with Crippen molar-refractivity contribution >= 4 is 43.6 Å². The van der Waals surface area contributed by atoms with Gasteiger partial charge in [0.1, 0.15) is 0 Å². The van der Waals surface area contributed by atoms with Crippen molar-refractivity contribution in [2.24, 2.45) is 0 Å². The smallest absolute Gasteiger partial charge is 0.160 e. The van der Waals surface area contributed by atoms with E-state index in [2.05, 4.69) is 240 Å². The van der Waals surface area contributed by atoms with Gasteiger partial charge in [0.05, 0.1) is 33.5 Å². The second kappa shape index (κ2) is 16.4. The Labute approximate surface area is 394 Å². The molecule has 0 radical (unpaired) electrons. The van der Waals surface area contributed by atoms with Crippen LogP contribution in [0.5, 0.6) is 0 Å². The second-order valence-electron chi connectivity index (χ2n) is 17.4. The van der Waals surface area contributed by atoms with Crippen LogP contribution in [0.3, 0.4) is 0 Å². The van der Waals surface area contributed by atoms with Crippen LogP contribution in [-0.2, 0) is 0 Å². The molecular weight excluding hydrogens is 825 g/mol. The molecule has 0 N–H and O–H groups in total. The molecule has 0 fully saturated rings. The lowest BCUT2D eigenvalue weighted by Gasteiger charge is -2.13. The van der Waals surface area contributed by atoms with Gasteiger partial charge in [0.15, 0.2) is 5.82 Å². The molecule has 0 amide bonds. The van der Waals surface area contributed by atoms with Gasteiger partial charge in [-0.15, -0.1) is 0 Å².